The molecule has 0 N–H and O–H groups in total. The van der Waals surface area contributed by atoms with Crippen molar-refractivity contribution < 1.29 is 9.53 Å². The number of carbonyl (C=O) groups is 1. The second kappa shape index (κ2) is 6.64. The van der Waals surface area contributed by atoms with Gasteiger partial charge < -0.3 is 4.74 Å². The lowest BCUT2D eigenvalue weighted by Gasteiger charge is -2.19. The Balaban J connectivity index is 1.92. The molecule has 0 saturated carbocycles. The fourth-order valence-electron chi connectivity index (χ4n) is 2.29. The van der Waals surface area contributed by atoms with Crippen LogP contribution in [0.5, 0.6) is 0 Å². The van der Waals surface area contributed by atoms with Gasteiger partial charge in [-0.05, 0) is 36.6 Å². The molecule has 0 saturated heterocycles. The van der Waals surface area contributed by atoms with Crippen molar-refractivity contribution in [1.82, 2.24) is 5.01 Å². The molecule has 0 spiro atoms. The third-order valence-corrected chi connectivity index (χ3v) is 4.42. The molecule has 1 amide bonds. The van der Waals surface area contributed by atoms with Crippen molar-refractivity contribution in [1.29, 1.82) is 0 Å². The third-order valence-electron chi connectivity index (χ3n) is 3.44. The van der Waals surface area contributed by atoms with Crippen LogP contribution in [0.25, 0.3) is 0 Å². The Kier molecular flexibility index (Phi) is 4.59. The van der Waals surface area contributed by atoms with Crippen LogP contribution in [-0.2, 0) is 9.53 Å². The van der Waals surface area contributed by atoms with Gasteiger partial charge in [0.2, 0.25) is 18.0 Å². The Labute approximate surface area is 144 Å². The first-order valence-electron chi connectivity index (χ1n) is 7.03. The van der Waals surface area contributed by atoms with Gasteiger partial charge in [0.15, 0.2) is 0 Å². The molecule has 3 rings (SSSR count). The maximum absolute atomic E-state index is 11.9. The number of thioether (sulfide) groups is 1. The highest BCUT2D eigenvalue weighted by Gasteiger charge is 2.33. The second-order valence-electron chi connectivity index (χ2n) is 5.02. The quantitative estimate of drug-likeness (QED) is 0.778. The molecular weight excluding hydrogens is 332 g/mol. The number of hydrogen-bond donors (Lipinski definition) is 0. The second-order valence-corrected chi connectivity index (χ2v) is 6.34. The van der Waals surface area contributed by atoms with Gasteiger partial charge in [-0.3, -0.25) is 4.79 Å². The summed E-state index contributed by atoms with van der Waals surface area (Å²) in [6.07, 6.45) is 1.46. The van der Waals surface area contributed by atoms with Gasteiger partial charge in [-0.15, -0.1) is 16.9 Å². The first-order chi connectivity index (χ1) is 11.1. The molecule has 1 atom stereocenters. The van der Waals surface area contributed by atoms with E-state index in [0.29, 0.717) is 10.9 Å². The van der Waals surface area contributed by atoms with Crippen molar-refractivity contribution in [3.05, 3.63) is 64.7 Å². The minimum absolute atomic E-state index is 0.180. The average molecular weight is 347 g/mol. The van der Waals surface area contributed by atoms with Gasteiger partial charge in [-0.25, -0.2) is 0 Å². The normalized spacial score (nSPS) is 16.9. The van der Waals surface area contributed by atoms with Crippen molar-refractivity contribution in [3.8, 4) is 0 Å². The molecule has 0 fully saturated rings. The molecule has 4 nitrogen and oxygen atoms in total. The molecule has 2 aromatic carbocycles. The molecule has 0 bridgehead atoms. The monoisotopic (exact) mass is 346 g/mol. The number of nitrogens with zero attached hydrogens (tertiary/aromatic N) is 2. The number of ether oxygens (including phenoxy) is 1. The lowest BCUT2D eigenvalue weighted by molar-refractivity contribution is -0.135. The van der Waals surface area contributed by atoms with Crippen molar-refractivity contribution in [2.24, 2.45) is 5.10 Å². The van der Waals surface area contributed by atoms with Crippen LogP contribution in [0.4, 0.5) is 0 Å². The van der Waals surface area contributed by atoms with E-state index in [1.165, 1.54) is 11.9 Å². The molecule has 0 unspecified atom stereocenters. The van der Waals surface area contributed by atoms with E-state index in [1.807, 2.05) is 42.7 Å². The number of rotatable bonds is 3. The first kappa shape index (κ1) is 15.9. The summed E-state index contributed by atoms with van der Waals surface area (Å²) < 4.78 is 5.93. The fourth-order valence-corrected chi connectivity index (χ4v) is 2.89. The van der Waals surface area contributed by atoms with Gasteiger partial charge in [0.1, 0.15) is 0 Å². The topological polar surface area (TPSA) is 41.9 Å². The van der Waals surface area contributed by atoms with Gasteiger partial charge in [-0.2, -0.15) is 5.01 Å². The predicted molar refractivity (Wildman–Crippen MR) is 92.6 cm³/mol. The van der Waals surface area contributed by atoms with E-state index < -0.39 is 6.23 Å². The summed E-state index contributed by atoms with van der Waals surface area (Å²) in [5.41, 5.74) is 1.62. The summed E-state index contributed by atoms with van der Waals surface area (Å²) in [5.74, 6) is 0.211. The molecule has 0 aliphatic carbocycles. The highest BCUT2D eigenvalue weighted by Crippen LogP contribution is 2.31. The summed E-state index contributed by atoms with van der Waals surface area (Å²) in [7, 11) is 0. The van der Waals surface area contributed by atoms with E-state index in [9.17, 15) is 4.79 Å². The predicted octanol–water partition coefficient (Wildman–Crippen LogP) is 4.30. The molecule has 23 heavy (non-hydrogen) atoms. The zero-order valence-corrected chi connectivity index (χ0v) is 14.3. The number of amides is 1. The maximum atomic E-state index is 11.9. The minimum Gasteiger partial charge on any atom is -0.446 e. The van der Waals surface area contributed by atoms with E-state index in [-0.39, 0.29) is 5.91 Å². The summed E-state index contributed by atoms with van der Waals surface area (Å²) in [6.45, 7) is 1.47. The minimum atomic E-state index is -0.558. The summed E-state index contributed by atoms with van der Waals surface area (Å²) in [4.78, 5) is 13.1. The van der Waals surface area contributed by atoms with Crippen LogP contribution in [-0.4, -0.2) is 23.1 Å². The molecule has 0 radical (unpaired) electrons. The highest BCUT2D eigenvalue weighted by atomic mass is 35.5. The van der Waals surface area contributed by atoms with Crippen LogP contribution in [0, 0.1) is 0 Å². The van der Waals surface area contributed by atoms with Crippen LogP contribution in [0.1, 0.15) is 24.3 Å². The number of carbonyl (C=O) groups excluding carboxylic acids is 1. The van der Waals surface area contributed by atoms with Crippen molar-refractivity contribution in [2.75, 3.05) is 6.26 Å². The zero-order chi connectivity index (χ0) is 16.4. The van der Waals surface area contributed by atoms with Crippen LogP contribution in [0.2, 0.25) is 5.02 Å². The van der Waals surface area contributed by atoms with E-state index in [1.54, 1.807) is 23.9 Å². The van der Waals surface area contributed by atoms with Gasteiger partial charge in [0.25, 0.3) is 0 Å². The lowest BCUT2D eigenvalue weighted by atomic mass is 10.2. The summed E-state index contributed by atoms with van der Waals surface area (Å²) >= 11 is 7.68. The Morgan fingerprint density at radius 3 is 2.61 bits per heavy atom. The number of hydrogen-bond acceptors (Lipinski definition) is 4. The highest BCUT2D eigenvalue weighted by molar-refractivity contribution is 7.98. The molecule has 2 aromatic rings. The van der Waals surface area contributed by atoms with Gasteiger partial charge in [0.05, 0.1) is 0 Å². The lowest BCUT2D eigenvalue weighted by Crippen LogP contribution is -2.25. The summed E-state index contributed by atoms with van der Waals surface area (Å²) in [5, 5.41) is 6.26. The van der Waals surface area contributed by atoms with Crippen molar-refractivity contribution in [2.45, 2.75) is 18.0 Å². The van der Waals surface area contributed by atoms with Crippen LogP contribution < -0.4 is 0 Å². The maximum Gasteiger partial charge on any atom is 0.243 e. The molecule has 1 heterocycles. The smallest absolute Gasteiger partial charge is 0.243 e. The van der Waals surface area contributed by atoms with E-state index in [2.05, 4.69) is 5.10 Å². The van der Waals surface area contributed by atoms with Crippen molar-refractivity contribution >= 4 is 35.2 Å². The number of halogens is 1. The number of hydrazone groups is 1. The van der Waals surface area contributed by atoms with Crippen LogP contribution in [0.3, 0.4) is 0 Å². The van der Waals surface area contributed by atoms with Crippen molar-refractivity contribution in [3.63, 3.8) is 0 Å². The van der Waals surface area contributed by atoms with E-state index in [0.717, 1.165) is 16.0 Å². The van der Waals surface area contributed by atoms with E-state index in [4.69, 9.17) is 16.3 Å². The Morgan fingerprint density at radius 1 is 1.26 bits per heavy atom. The Hall–Kier alpha value is -1.98. The largest absolute Gasteiger partial charge is 0.446 e. The summed E-state index contributed by atoms with van der Waals surface area (Å²) in [6, 6.07) is 15.1. The van der Waals surface area contributed by atoms with Gasteiger partial charge >= 0.3 is 0 Å². The number of benzene rings is 2. The Morgan fingerprint density at radius 2 is 2.00 bits per heavy atom. The Bertz CT molecular complexity index is 761. The van der Waals surface area contributed by atoms with Crippen LogP contribution in [0.15, 0.2) is 58.5 Å². The SMILES string of the molecule is CSc1ccc([C@@H]2OC(c3cccc(Cl)c3)=NN2C(C)=O)cc1. The molecule has 118 valence electrons. The molecular formula is C17H15ClN2O2S. The van der Waals surface area contributed by atoms with Gasteiger partial charge in [0, 0.05) is 28.0 Å². The molecule has 6 heteroatoms. The first-order valence-corrected chi connectivity index (χ1v) is 8.63. The zero-order valence-electron chi connectivity index (χ0n) is 12.7. The van der Waals surface area contributed by atoms with Gasteiger partial charge in [-0.1, -0.05) is 29.8 Å². The molecule has 0 aromatic heterocycles. The molecule has 1 aliphatic rings. The third kappa shape index (κ3) is 3.35. The van der Waals surface area contributed by atoms with E-state index >= 15 is 0 Å². The van der Waals surface area contributed by atoms with Crippen LogP contribution >= 0.6 is 23.4 Å². The molecule has 1 aliphatic heterocycles. The fraction of sp³-hybridized carbons (Fsp3) is 0.176. The average Bonchev–Trinajstić information content (AvgIpc) is 3.00. The standard InChI is InChI=1S/C17H15ClN2O2S/c1-11(21)20-17(12-6-8-15(23-2)9-7-12)22-16(19-20)13-4-3-5-14(18)10-13/h3-10,17H,1-2H3/t17-/m0/s1.